The zero-order chi connectivity index (χ0) is 22.4. The van der Waals surface area contributed by atoms with Gasteiger partial charge in [-0.1, -0.05) is 36.4 Å². The van der Waals surface area contributed by atoms with Crippen LogP contribution in [0.15, 0.2) is 48.5 Å². The third-order valence-electron chi connectivity index (χ3n) is 6.16. The second-order valence-electron chi connectivity index (χ2n) is 8.57. The molecule has 6 nitrogen and oxygen atoms in total. The molecule has 0 spiro atoms. The Morgan fingerprint density at radius 3 is 2.55 bits per heavy atom. The lowest BCUT2D eigenvalue weighted by Crippen LogP contribution is -2.40. The summed E-state index contributed by atoms with van der Waals surface area (Å²) in [6.07, 6.45) is 4.08. The predicted molar refractivity (Wildman–Crippen MR) is 122 cm³/mol. The van der Waals surface area contributed by atoms with Crippen molar-refractivity contribution in [2.24, 2.45) is 5.73 Å². The van der Waals surface area contributed by atoms with Gasteiger partial charge in [0.1, 0.15) is 5.75 Å². The van der Waals surface area contributed by atoms with Crippen LogP contribution in [0, 0.1) is 0 Å². The number of nitrogens with zero attached hydrogens (tertiary/aromatic N) is 2. The molecule has 2 aromatic rings. The Hall–Kier alpha value is -2.70. The van der Waals surface area contributed by atoms with E-state index in [0.29, 0.717) is 6.42 Å². The number of Topliss-reactive ketones (excluding diaryl/α,β-unsaturated/α-hetero) is 1. The number of carbonyl (C=O) groups excluding carboxylic acids is 2. The summed E-state index contributed by atoms with van der Waals surface area (Å²) in [6, 6.07) is 14.4. The highest BCUT2D eigenvalue weighted by Crippen LogP contribution is 2.21. The molecule has 1 aliphatic rings. The van der Waals surface area contributed by atoms with Gasteiger partial charge in [-0.25, -0.2) is 0 Å². The molecule has 0 saturated carbocycles. The summed E-state index contributed by atoms with van der Waals surface area (Å²) in [5.41, 5.74) is 8.33. The van der Waals surface area contributed by atoms with Crippen molar-refractivity contribution in [3.8, 4) is 5.75 Å². The molecule has 31 heavy (non-hydrogen) atoms. The summed E-state index contributed by atoms with van der Waals surface area (Å²) in [5, 5.41) is 9.52. The molecule has 3 rings (SSSR count). The van der Waals surface area contributed by atoms with Crippen LogP contribution in [0.2, 0.25) is 0 Å². The van der Waals surface area contributed by atoms with E-state index in [1.807, 2.05) is 55.4 Å². The fourth-order valence-electron chi connectivity index (χ4n) is 4.41. The highest BCUT2D eigenvalue weighted by Gasteiger charge is 2.28. The van der Waals surface area contributed by atoms with Gasteiger partial charge >= 0.3 is 0 Å². The molecule has 2 aromatic carbocycles. The first kappa shape index (κ1) is 23.0. The number of likely N-dealkylation sites (N-methyl/N-ethyl adjacent to an activating group) is 1. The Kier molecular flexibility index (Phi) is 7.82. The molecule has 0 aliphatic carbocycles. The predicted octanol–water partition coefficient (Wildman–Crippen LogP) is 2.63. The maximum absolute atomic E-state index is 13.5. The van der Waals surface area contributed by atoms with Gasteiger partial charge in [0.25, 0.3) is 0 Å². The second kappa shape index (κ2) is 10.6. The van der Waals surface area contributed by atoms with Gasteiger partial charge in [0, 0.05) is 5.56 Å². The molecule has 6 heteroatoms. The monoisotopic (exact) mass is 423 g/mol. The smallest absolute Gasteiger partial charge is 0.234 e. The van der Waals surface area contributed by atoms with Crippen molar-refractivity contribution in [3.05, 3.63) is 65.2 Å². The number of hydrogen-bond acceptors (Lipinski definition) is 5. The quantitative estimate of drug-likeness (QED) is 0.574. The van der Waals surface area contributed by atoms with E-state index in [-0.39, 0.29) is 29.5 Å². The number of primary amides is 1. The van der Waals surface area contributed by atoms with Crippen molar-refractivity contribution in [2.45, 2.75) is 44.2 Å². The largest absolute Gasteiger partial charge is 0.508 e. The number of nitrogens with two attached hydrogens (primary N) is 1. The minimum atomic E-state index is -0.288. The molecule has 0 radical (unpaired) electrons. The highest BCUT2D eigenvalue weighted by molar-refractivity contribution is 6.01. The molecule has 0 bridgehead atoms. The number of carbonyl (C=O) groups is 2. The summed E-state index contributed by atoms with van der Waals surface area (Å²) in [5.74, 6) is 0.0828. The fraction of sp³-hybridized carbons (Fsp3) is 0.440. The average molecular weight is 424 g/mol. The topological polar surface area (TPSA) is 86.9 Å². The van der Waals surface area contributed by atoms with E-state index in [2.05, 4.69) is 4.90 Å². The Morgan fingerprint density at radius 2 is 1.87 bits per heavy atom. The van der Waals surface area contributed by atoms with Crippen LogP contribution in [0.4, 0.5) is 0 Å². The molecule has 1 aliphatic heterocycles. The standard InChI is InChI=1S/C25H33N3O3/c1-27(2)23(17-18-11-13-20(29)14-12-18)24(30)21-9-4-3-7-19(21)8-5-15-28-16-6-10-22(28)25(26)31/h3-4,7,9,11-14,22-23,29H,5-6,8,10,15-17H2,1-2H3,(H2,26,31)/t22-,23+/m1/s1. The van der Waals surface area contributed by atoms with Crippen molar-refractivity contribution in [3.63, 3.8) is 0 Å². The molecule has 1 fully saturated rings. The minimum Gasteiger partial charge on any atom is -0.508 e. The van der Waals surface area contributed by atoms with E-state index in [4.69, 9.17) is 5.73 Å². The van der Waals surface area contributed by atoms with E-state index in [0.717, 1.165) is 55.5 Å². The zero-order valence-corrected chi connectivity index (χ0v) is 18.5. The van der Waals surface area contributed by atoms with Crippen molar-refractivity contribution in [1.29, 1.82) is 0 Å². The lowest BCUT2D eigenvalue weighted by molar-refractivity contribution is -0.122. The summed E-state index contributed by atoms with van der Waals surface area (Å²) < 4.78 is 0. The van der Waals surface area contributed by atoms with Gasteiger partial charge in [-0.05, 0) is 82.5 Å². The fourth-order valence-corrected chi connectivity index (χ4v) is 4.41. The number of hydrogen-bond donors (Lipinski definition) is 2. The minimum absolute atomic E-state index is 0.102. The number of phenols is 1. The molecule has 2 atom stereocenters. The van der Waals surface area contributed by atoms with Crippen molar-refractivity contribution in [2.75, 3.05) is 27.2 Å². The van der Waals surface area contributed by atoms with Gasteiger partial charge in [0.05, 0.1) is 12.1 Å². The SMILES string of the molecule is CN(C)[C@@H](Cc1ccc(O)cc1)C(=O)c1ccccc1CCCN1CCC[C@@H]1C(N)=O. The van der Waals surface area contributed by atoms with Gasteiger partial charge in [0.15, 0.2) is 5.78 Å². The molecule has 3 N–H and O–H groups in total. The number of rotatable bonds is 10. The van der Waals surface area contributed by atoms with Gasteiger partial charge < -0.3 is 10.8 Å². The summed E-state index contributed by atoms with van der Waals surface area (Å²) in [7, 11) is 3.84. The van der Waals surface area contributed by atoms with Crippen molar-refractivity contribution in [1.82, 2.24) is 9.80 Å². The average Bonchev–Trinajstić information content (AvgIpc) is 3.22. The molecule has 0 unspecified atom stereocenters. The zero-order valence-electron chi connectivity index (χ0n) is 18.5. The van der Waals surface area contributed by atoms with Gasteiger partial charge in [0.2, 0.25) is 5.91 Å². The van der Waals surface area contributed by atoms with E-state index in [1.165, 1.54) is 0 Å². The van der Waals surface area contributed by atoms with E-state index < -0.39 is 0 Å². The van der Waals surface area contributed by atoms with E-state index in [1.54, 1.807) is 12.1 Å². The van der Waals surface area contributed by atoms with Gasteiger partial charge in [-0.3, -0.25) is 19.4 Å². The molecular formula is C25H33N3O3. The van der Waals surface area contributed by atoms with Gasteiger partial charge in [-0.2, -0.15) is 0 Å². The van der Waals surface area contributed by atoms with Crippen LogP contribution in [0.1, 0.15) is 40.7 Å². The van der Waals surface area contributed by atoms with Crippen LogP contribution in [0.25, 0.3) is 0 Å². The van der Waals surface area contributed by atoms with Crippen LogP contribution in [-0.2, 0) is 17.6 Å². The van der Waals surface area contributed by atoms with E-state index >= 15 is 0 Å². The summed E-state index contributed by atoms with van der Waals surface area (Å²) in [4.78, 5) is 29.2. The number of aromatic hydroxyl groups is 1. The first-order valence-electron chi connectivity index (χ1n) is 11.0. The lowest BCUT2D eigenvalue weighted by atomic mass is 9.92. The van der Waals surface area contributed by atoms with Crippen LogP contribution >= 0.6 is 0 Å². The summed E-state index contributed by atoms with van der Waals surface area (Å²) >= 11 is 0. The number of aryl methyl sites for hydroxylation is 1. The van der Waals surface area contributed by atoms with Gasteiger partial charge in [-0.15, -0.1) is 0 Å². The number of ketones is 1. The van der Waals surface area contributed by atoms with Crippen LogP contribution in [-0.4, -0.2) is 65.9 Å². The van der Waals surface area contributed by atoms with Crippen molar-refractivity contribution >= 4 is 11.7 Å². The molecule has 0 aromatic heterocycles. The third kappa shape index (κ3) is 5.93. The molecular weight excluding hydrogens is 390 g/mol. The summed E-state index contributed by atoms with van der Waals surface area (Å²) in [6.45, 7) is 1.71. The maximum Gasteiger partial charge on any atom is 0.234 e. The second-order valence-corrected chi connectivity index (χ2v) is 8.57. The molecule has 1 saturated heterocycles. The van der Waals surface area contributed by atoms with Crippen LogP contribution < -0.4 is 5.73 Å². The Morgan fingerprint density at radius 1 is 1.16 bits per heavy atom. The van der Waals surface area contributed by atoms with Crippen molar-refractivity contribution < 1.29 is 14.7 Å². The normalized spacial score (nSPS) is 17.7. The number of likely N-dealkylation sites (tertiary alicyclic amines) is 1. The molecule has 1 heterocycles. The van der Waals surface area contributed by atoms with E-state index in [9.17, 15) is 14.7 Å². The first-order chi connectivity index (χ1) is 14.9. The molecule has 166 valence electrons. The maximum atomic E-state index is 13.5. The Balaban J connectivity index is 1.69. The van der Waals surface area contributed by atoms with Crippen LogP contribution in [0.5, 0.6) is 5.75 Å². The Bertz CT molecular complexity index is 895. The number of phenolic OH excluding ortho intramolecular Hbond substituents is 1. The Labute approximate surface area is 184 Å². The number of benzene rings is 2. The van der Waals surface area contributed by atoms with Crippen LogP contribution in [0.3, 0.4) is 0 Å². The number of amides is 1. The third-order valence-corrected chi connectivity index (χ3v) is 6.16. The first-order valence-corrected chi connectivity index (χ1v) is 11.0. The lowest BCUT2D eigenvalue weighted by Gasteiger charge is -2.25. The molecule has 1 amide bonds. The highest BCUT2D eigenvalue weighted by atomic mass is 16.3.